The number of rotatable bonds is 3. The van der Waals surface area contributed by atoms with Crippen molar-refractivity contribution in [2.24, 2.45) is 4.99 Å². The number of hydrogen-bond acceptors (Lipinski definition) is 6. The number of carboxylic acid groups (broad SMARTS) is 1. The Labute approximate surface area is 137 Å². The molecule has 3 aromatic rings. The fourth-order valence-corrected chi connectivity index (χ4v) is 3.06. The number of pyridine rings is 1. The van der Waals surface area contributed by atoms with Crippen LogP contribution in [0.25, 0.3) is 11.0 Å². The number of halogens is 1. The summed E-state index contributed by atoms with van der Waals surface area (Å²) in [6, 6.07) is 1.87. The van der Waals surface area contributed by atoms with Crippen LogP contribution >= 0.6 is 15.9 Å². The van der Waals surface area contributed by atoms with Gasteiger partial charge in [-0.15, -0.1) is 0 Å². The number of carboxylic acids is 1. The molecule has 1 aliphatic rings. The Kier molecular flexibility index (Phi) is 3.08. The molecule has 8 nitrogen and oxygen atoms in total. The van der Waals surface area contributed by atoms with Gasteiger partial charge in [-0.25, -0.2) is 19.7 Å². The maximum atomic E-state index is 11.2. The van der Waals surface area contributed by atoms with E-state index in [-0.39, 0.29) is 5.69 Å². The average molecular weight is 373 g/mol. The molecule has 0 spiro atoms. The molecule has 1 aliphatic heterocycles. The van der Waals surface area contributed by atoms with Gasteiger partial charge in [-0.2, -0.15) is 0 Å². The van der Waals surface area contributed by atoms with Crippen LogP contribution in [0.4, 0.5) is 11.6 Å². The lowest BCUT2D eigenvalue weighted by Gasteiger charge is -2.07. The van der Waals surface area contributed by atoms with Crippen molar-refractivity contribution in [1.82, 2.24) is 19.9 Å². The van der Waals surface area contributed by atoms with E-state index in [2.05, 4.69) is 46.2 Å². The lowest BCUT2D eigenvalue weighted by atomic mass is 10.2. The van der Waals surface area contributed by atoms with Gasteiger partial charge in [-0.05, 0) is 22.0 Å². The number of aliphatic imine (C=N–C) groups is 1. The van der Waals surface area contributed by atoms with E-state index in [1.54, 1.807) is 12.4 Å². The predicted molar refractivity (Wildman–Crippen MR) is 87.4 cm³/mol. The Hall–Kier alpha value is -2.81. The molecular weight excluding hydrogens is 364 g/mol. The number of aromatic amines is 1. The first-order valence-electron chi connectivity index (χ1n) is 6.64. The zero-order valence-electron chi connectivity index (χ0n) is 11.5. The van der Waals surface area contributed by atoms with Crippen LogP contribution in [0.3, 0.4) is 0 Å². The first kappa shape index (κ1) is 13.8. The first-order chi connectivity index (χ1) is 11.1. The average Bonchev–Trinajstić information content (AvgIpc) is 3.12. The van der Waals surface area contributed by atoms with Crippen molar-refractivity contribution >= 4 is 50.8 Å². The maximum Gasteiger partial charge on any atom is 0.353 e. The molecule has 4 heterocycles. The molecule has 3 N–H and O–H groups in total. The van der Waals surface area contributed by atoms with E-state index in [1.165, 1.54) is 6.33 Å². The highest BCUT2D eigenvalue weighted by Crippen LogP contribution is 2.32. The third-order valence-corrected chi connectivity index (χ3v) is 4.30. The standard InChI is InChI=1S/C14H9BrN6O2/c15-10-9-12(18-5-19-13(9)21-11(10)14(22)23)20-8-1-6-2-16-3-7(6)4-17-8/h1-2,4-5H,3H2,(H,22,23)(H2,17,18,19,20,21). The van der Waals surface area contributed by atoms with Gasteiger partial charge >= 0.3 is 5.97 Å². The Morgan fingerprint density at radius 1 is 1.35 bits per heavy atom. The van der Waals surface area contributed by atoms with Crippen molar-refractivity contribution in [3.05, 3.63) is 39.9 Å². The molecule has 0 saturated carbocycles. The number of nitrogens with zero attached hydrogens (tertiary/aromatic N) is 4. The van der Waals surface area contributed by atoms with Gasteiger partial charge in [-0.3, -0.25) is 4.99 Å². The smallest absolute Gasteiger partial charge is 0.353 e. The van der Waals surface area contributed by atoms with Gasteiger partial charge in [0.15, 0.2) is 0 Å². The molecule has 0 aromatic carbocycles. The van der Waals surface area contributed by atoms with Crippen molar-refractivity contribution in [2.75, 3.05) is 5.32 Å². The molecule has 0 bridgehead atoms. The Morgan fingerprint density at radius 3 is 3.04 bits per heavy atom. The van der Waals surface area contributed by atoms with E-state index >= 15 is 0 Å². The molecule has 0 aliphatic carbocycles. The highest BCUT2D eigenvalue weighted by molar-refractivity contribution is 9.10. The summed E-state index contributed by atoms with van der Waals surface area (Å²) in [6.07, 6.45) is 4.92. The highest BCUT2D eigenvalue weighted by Gasteiger charge is 2.19. The molecule has 23 heavy (non-hydrogen) atoms. The zero-order valence-corrected chi connectivity index (χ0v) is 13.1. The lowest BCUT2D eigenvalue weighted by molar-refractivity contribution is 0.0690. The van der Waals surface area contributed by atoms with E-state index in [4.69, 9.17) is 0 Å². The Balaban J connectivity index is 1.80. The van der Waals surface area contributed by atoms with Gasteiger partial charge in [0, 0.05) is 23.5 Å². The number of fused-ring (bicyclic) bond motifs is 2. The quantitative estimate of drug-likeness (QED) is 0.650. The number of hydrogen-bond donors (Lipinski definition) is 3. The minimum absolute atomic E-state index is 0.0256. The third-order valence-electron chi connectivity index (χ3n) is 3.50. The maximum absolute atomic E-state index is 11.2. The second kappa shape index (κ2) is 5.13. The molecule has 0 saturated heterocycles. The summed E-state index contributed by atoms with van der Waals surface area (Å²) in [6.45, 7) is 0.645. The Morgan fingerprint density at radius 2 is 2.22 bits per heavy atom. The normalized spacial score (nSPS) is 12.6. The lowest BCUT2D eigenvalue weighted by Crippen LogP contribution is -1.99. The minimum Gasteiger partial charge on any atom is -0.477 e. The van der Waals surface area contributed by atoms with E-state index in [9.17, 15) is 9.90 Å². The zero-order chi connectivity index (χ0) is 16.0. The van der Waals surface area contributed by atoms with Crippen LogP contribution in [-0.4, -0.2) is 37.2 Å². The van der Waals surface area contributed by atoms with Crippen LogP contribution < -0.4 is 5.32 Å². The van der Waals surface area contributed by atoms with Crippen molar-refractivity contribution in [2.45, 2.75) is 6.54 Å². The van der Waals surface area contributed by atoms with Crippen molar-refractivity contribution in [1.29, 1.82) is 0 Å². The molecule has 114 valence electrons. The van der Waals surface area contributed by atoms with Crippen LogP contribution in [0.1, 0.15) is 21.6 Å². The second-order valence-electron chi connectivity index (χ2n) is 4.93. The van der Waals surface area contributed by atoms with Gasteiger partial charge in [0.25, 0.3) is 0 Å². The van der Waals surface area contributed by atoms with Gasteiger partial charge in [-0.1, -0.05) is 0 Å². The van der Waals surface area contributed by atoms with Gasteiger partial charge in [0.2, 0.25) is 0 Å². The molecule has 3 aromatic heterocycles. The topological polar surface area (TPSA) is 116 Å². The van der Waals surface area contributed by atoms with E-state index < -0.39 is 5.97 Å². The van der Waals surface area contributed by atoms with Gasteiger partial charge in [0.1, 0.15) is 29.3 Å². The van der Waals surface area contributed by atoms with E-state index in [1.807, 2.05) is 6.07 Å². The van der Waals surface area contributed by atoms with Crippen LogP contribution in [0.5, 0.6) is 0 Å². The number of aromatic nitrogens is 4. The van der Waals surface area contributed by atoms with Crippen molar-refractivity contribution < 1.29 is 9.90 Å². The molecule has 0 amide bonds. The van der Waals surface area contributed by atoms with Crippen molar-refractivity contribution in [3.8, 4) is 0 Å². The second-order valence-corrected chi connectivity index (χ2v) is 5.72. The summed E-state index contributed by atoms with van der Waals surface area (Å²) in [5, 5.41) is 12.9. The number of nitrogens with one attached hydrogen (secondary N) is 2. The number of H-pyrrole nitrogens is 1. The number of anilines is 2. The first-order valence-corrected chi connectivity index (χ1v) is 7.44. The summed E-state index contributed by atoms with van der Waals surface area (Å²) < 4.78 is 0.394. The predicted octanol–water partition coefficient (Wildman–Crippen LogP) is 2.49. The largest absolute Gasteiger partial charge is 0.477 e. The minimum atomic E-state index is -1.08. The Bertz CT molecular complexity index is 981. The summed E-state index contributed by atoms with van der Waals surface area (Å²) in [7, 11) is 0. The molecule has 4 rings (SSSR count). The molecular formula is C14H9BrN6O2. The van der Waals surface area contributed by atoms with Gasteiger partial charge < -0.3 is 15.4 Å². The summed E-state index contributed by atoms with van der Waals surface area (Å²) in [4.78, 5) is 30.8. The monoisotopic (exact) mass is 372 g/mol. The van der Waals surface area contributed by atoms with Crippen LogP contribution in [0.2, 0.25) is 0 Å². The van der Waals surface area contributed by atoms with Crippen LogP contribution in [0, 0.1) is 0 Å². The summed E-state index contributed by atoms with van der Waals surface area (Å²) in [5.41, 5.74) is 2.53. The molecule has 0 atom stereocenters. The SMILES string of the molecule is O=C(O)c1[nH]c2ncnc(Nc3cc4c(cn3)CN=C4)c2c1Br. The van der Waals surface area contributed by atoms with Crippen LogP contribution in [-0.2, 0) is 6.54 Å². The highest BCUT2D eigenvalue weighted by atomic mass is 79.9. The van der Waals surface area contributed by atoms with Crippen molar-refractivity contribution in [3.63, 3.8) is 0 Å². The van der Waals surface area contributed by atoms with E-state index in [0.29, 0.717) is 33.7 Å². The van der Waals surface area contributed by atoms with E-state index in [0.717, 1.165) is 11.1 Å². The number of carbonyl (C=O) groups is 1. The number of aromatic carboxylic acids is 1. The fourth-order valence-electron chi connectivity index (χ4n) is 2.41. The van der Waals surface area contributed by atoms with Crippen LogP contribution in [0.15, 0.2) is 28.1 Å². The fraction of sp³-hybridized carbons (Fsp3) is 0.0714. The van der Waals surface area contributed by atoms with Gasteiger partial charge in [0.05, 0.1) is 16.4 Å². The summed E-state index contributed by atoms with van der Waals surface area (Å²) >= 11 is 3.29. The summed E-state index contributed by atoms with van der Waals surface area (Å²) in [5.74, 6) is -0.0113. The molecule has 0 radical (unpaired) electrons. The third kappa shape index (κ3) is 2.25. The molecule has 0 unspecified atom stereocenters. The molecule has 9 heteroatoms. The molecule has 0 fully saturated rings.